The average molecular weight is 526 g/mol. The van der Waals surface area contributed by atoms with Gasteiger partial charge in [-0.05, 0) is 13.3 Å². The Bertz CT molecular complexity index is 964. The summed E-state index contributed by atoms with van der Waals surface area (Å²) in [7, 11) is 2.06. The summed E-state index contributed by atoms with van der Waals surface area (Å²) in [5.41, 5.74) is 4.93. The van der Waals surface area contributed by atoms with Gasteiger partial charge in [0.1, 0.15) is 13.2 Å². The molecule has 0 radical (unpaired) electrons. The first-order chi connectivity index (χ1) is 16.9. The van der Waals surface area contributed by atoms with E-state index < -0.39 is 24.1 Å². The Morgan fingerprint density at radius 1 is 1.33 bits per heavy atom. The standard InChI is InChI=1S/C23H35N5O7S/c1-12-17-16(13(2)29)21(31)27(17)18(22(32)33)19(12)36-14-10-15(25-11-14)20(30)26-4-6-28(3,7-5-26)8-9-35-23(24)34/h12-17,25,29H,4-11H2,1-3H3,(H2-,24,32,33,34). The van der Waals surface area contributed by atoms with E-state index in [2.05, 4.69) is 12.4 Å². The molecule has 0 bridgehead atoms. The number of carbonyl (C=O) groups is 4. The Morgan fingerprint density at radius 2 is 2.00 bits per heavy atom. The zero-order valence-electron chi connectivity index (χ0n) is 20.8. The molecule has 36 heavy (non-hydrogen) atoms. The largest absolute Gasteiger partial charge is 0.543 e. The molecule has 0 spiro atoms. The van der Waals surface area contributed by atoms with Gasteiger partial charge in [0.25, 0.3) is 0 Å². The van der Waals surface area contributed by atoms with Crippen LogP contribution in [-0.4, -0.2) is 120 Å². The molecule has 0 aliphatic carbocycles. The minimum atomic E-state index is -1.39. The second-order valence-corrected chi connectivity index (χ2v) is 11.8. The molecule has 6 atom stereocenters. The summed E-state index contributed by atoms with van der Waals surface area (Å²) in [6.45, 7) is 7.52. The van der Waals surface area contributed by atoms with Crippen LogP contribution in [0.4, 0.5) is 4.79 Å². The number of likely N-dealkylation sites (N-methyl/N-ethyl adjacent to an activating group) is 1. The van der Waals surface area contributed by atoms with Gasteiger partial charge < -0.3 is 45.1 Å². The van der Waals surface area contributed by atoms with Crippen molar-refractivity contribution in [2.45, 2.75) is 43.7 Å². The molecule has 3 fully saturated rings. The fraction of sp³-hybridized carbons (Fsp3) is 0.739. The second-order valence-electron chi connectivity index (χ2n) is 10.5. The molecule has 3 amide bonds. The molecule has 4 rings (SSSR count). The number of hydrogen-bond donors (Lipinski definition) is 3. The first-order valence-corrected chi connectivity index (χ1v) is 13.2. The van der Waals surface area contributed by atoms with Gasteiger partial charge in [0, 0.05) is 22.6 Å². The molecule has 12 nitrogen and oxygen atoms in total. The van der Waals surface area contributed by atoms with E-state index in [9.17, 15) is 29.4 Å². The number of aliphatic hydroxyl groups excluding tert-OH is 1. The number of thioether (sulfide) groups is 1. The Labute approximate surface area is 214 Å². The second kappa shape index (κ2) is 10.2. The van der Waals surface area contributed by atoms with Crippen LogP contribution < -0.4 is 16.2 Å². The number of piperazine rings is 1. The number of aliphatic hydroxyl groups is 1. The summed E-state index contributed by atoms with van der Waals surface area (Å²) in [6, 6.07) is -0.737. The molecule has 6 unspecified atom stereocenters. The zero-order valence-corrected chi connectivity index (χ0v) is 21.7. The number of fused-ring (bicyclic) bond motifs is 1. The van der Waals surface area contributed by atoms with Crippen molar-refractivity contribution in [2.75, 3.05) is 52.9 Å². The van der Waals surface area contributed by atoms with E-state index in [4.69, 9.17) is 10.5 Å². The van der Waals surface area contributed by atoms with E-state index >= 15 is 0 Å². The SMILES string of the molecule is CC(O)C1C(=O)N2C(C(=O)[O-])=C(SC3CNC(C(=O)N4CC[N+](C)(CCOC(N)=O)CC4)C3)C(C)C12. The maximum absolute atomic E-state index is 13.2. The van der Waals surface area contributed by atoms with Crippen molar-refractivity contribution in [3.8, 4) is 0 Å². The third-order valence-corrected chi connectivity index (χ3v) is 9.50. The number of primary amides is 1. The number of amides is 3. The van der Waals surface area contributed by atoms with Crippen molar-refractivity contribution in [1.29, 1.82) is 0 Å². The number of quaternary nitrogens is 1. The van der Waals surface area contributed by atoms with Gasteiger partial charge in [-0.25, -0.2) is 4.79 Å². The number of ether oxygens (including phenoxy) is 1. The van der Waals surface area contributed by atoms with Gasteiger partial charge in [0.15, 0.2) is 0 Å². The van der Waals surface area contributed by atoms with Crippen molar-refractivity contribution < 1.29 is 38.6 Å². The lowest BCUT2D eigenvalue weighted by Crippen LogP contribution is -2.64. The van der Waals surface area contributed by atoms with E-state index in [1.165, 1.54) is 16.7 Å². The Balaban J connectivity index is 1.33. The van der Waals surface area contributed by atoms with Crippen LogP contribution in [0, 0.1) is 11.8 Å². The van der Waals surface area contributed by atoms with E-state index in [-0.39, 0.29) is 47.4 Å². The Kier molecular flexibility index (Phi) is 7.56. The van der Waals surface area contributed by atoms with Gasteiger partial charge in [-0.2, -0.15) is 0 Å². The highest BCUT2D eigenvalue weighted by atomic mass is 32.2. The lowest BCUT2D eigenvalue weighted by Gasteiger charge is -2.47. The minimum absolute atomic E-state index is 0.0265. The molecule has 13 heteroatoms. The number of carboxylic acid groups (broad SMARTS) is 1. The molecular formula is C23H35N5O7S. The fourth-order valence-electron chi connectivity index (χ4n) is 5.81. The number of rotatable bonds is 8. The quantitative estimate of drug-likeness (QED) is 0.232. The van der Waals surface area contributed by atoms with Crippen molar-refractivity contribution in [3.05, 3.63) is 10.6 Å². The van der Waals surface area contributed by atoms with Gasteiger partial charge in [-0.3, -0.25) is 9.59 Å². The topological polar surface area (TPSA) is 165 Å². The molecule has 0 saturated carbocycles. The lowest BCUT2D eigenvalue weighted by atomic mass is 9.79. The third kappa shape index (κ3) is 4.93. The van der Waals surface area contributed by atoms with Crippen molar-refractivity contribution in [1.82, 2.24) is 15.1 Å². The van der Waals surface area contributed by atoms with Crippen molar-refractivity contribution in [2.24, 2.45) is 17.6 Å². The van der Waals surface area contributed by atoms with Gasteiger partial charge in [0.05, 0.1) is 69.0 Å². The normalized spacial score (nSPS) is 32.2. The maximum atomic E-state index is 13.2. The molecule has 4 N–H and O–H groups in total. The van der Waals surface area contributed by atoms with Crippen molar-refractivity contribution >= 4 is 35.6 Å². The predicted octanol–water partition coefficient (Wildman–Crippen LogP) is -2.35. The average Bonchev–Trinajstić information content (AvgIpc) is 3.35. The molecule has 4 aliphatic rings. The van der Waals surface area contributed by atoms with Crippen LogP contribution in [0.2, 0.25) is 0 Å². The molecule has 0 aromatic heterocycles. The van der Waals surface area contributed by atoms with E-state index in [0.717, 1.165) is 13.1 Å². The first-order valence-electron chi connectivity index (χ1n) is 12.3. The highest BCUT2D eigenvalue weighted by Crippen LogP contribution is 2.51. The monoisotopic (exact) mass is 525 g/mol. The van der Waals surface area contributed by atoms with Crippen LogP contribution in [0.25, 0.3) is 0 Å². The van der Waals surface area contributed by atoms with Crippen molar-refractivity contribution in [3.63, 3.8) is 0 Å². The van der Waals surface area contributed by atoms with E-state index in [1.807, 2.05) is 11.8 Å². The molecule has 3 saturated heterocycles. The molecular weight excluding hydrogens is 490 g/mol. The molecule has 4 aliphatic heterocycles. The van der Waals surface area contributed by atoms with Crippen LogP contribution in [-0.2, 0) is 19.1 Å². The fourth-order valence-corrected chi connectivity index (χ4v) is 7.28. The zero-order chi connectivity index (χ0) is 26.4. The Morgan fingerprint density at radius 3 is 2.58 bits per heavy atom. The van der Waals surface area contributed by atoms with Gasteiger partial charge in [0.2, 0.25) is 11.8 Å². The lowest BCUT2D eigenvalue weighted by molar-refractivity contribution is -0.913. The number of carboxylic acids is 1. The molecule has 0 aromatic carbocycles. The van der Waals surface area contributed by atoms with Gasteiger partial charge in [-0.1, -0.05) is 6.92 Å². The van der Waals surface area contributed by atoms with E-state index in [0.29, 0.717) is 42.0 Å². The highest BCUT2D eigenvalue weighted by molar-refractivity contribution is 8.03. The summed E-state index contributed by atoms with van der Waals surface area (Å²) in [5, 5.41) is 25.2. The van der Waals surface area contributed by atoms with Crippen LogP contribution in [0.1, 0.15) is 20.3 Å². The molecule has 4 heterocycles. The summed E-state index contributed by atoms with van der Waals surface area (Å²) in [6.07, 6.45) is -1.10. The van der Waals surface area contributed by atoms with E-state index in [1.54, 1.807) is 6.92 Å². The smallest absolute Gasteiger partial charge is 0.404 e. The molecule has 200 valence electrons. The van der Waals surface area contributed by atoms with Crippen LogP contribution >= 0.6 is 11.8 Å². The number of carbonyl (C=O) groups excluding carboxylic acids is 4. The van der Waals surface area contributed by atoms with Crippen LogP contribution in [0.5, 0.6) is 0 Å². The number of β-lactam (4-membered cyclic amide) rings is 1. The predicted molar refractivity (Wildman–Crippen MR) is 128 cm³/mol. The number of hydrogen-bond acceptors (Lipinski definition) is 9. The van der Waals surface area contributed by atoms with Crippen LogP contribution in [0.15, 0.2) is 10.6 Å². The number of nitrogens with zero attached hydrogens (tertiary/aromatic N) is 3. The van der Waals surface area contributed by atoms with Gasteiger partial charge in [-0.15, -0.1) is 11.8 Å². The minimum Gasteiger partial charge on any atom is -0.543 e. The molecule has 0 aromatic rings. The summed E-state index contributed by atoms with van der Waals surface area (Å²) in [5.74, 6) is -2.59. The summed E-state index contributed by atoms with van der Waals surface area (Å²) < 4.78 is 5.54. The number of aliphatic carboxylic acids is 1. The Hall–Kier alpha value is -2.35. The maximum Gasteiger partial charge on any atom is 0.404 e. The number of nitrogens with two attached hydrogens (primary N) is 1. The highest BCUT2D eigenvalue weighted by Gasteiger charge is 2.59. The van der Waals surface area contributed by atoms with Crippen LogP contribution in [0.3, 0.4) is 0 Å². The first kappa shape index (κ1) is 26.7. The summed E-state index contributed by atoms with van der Waals surface area (Å²) >= 11 is 1.40. The number of nitrogens with one attached hydrogen (secondary N) is 1. The third-order valence-electron chi connectivity index (χ3n) is 7.99. The summed E-state index contributed by atoms with van der Waals surface area (Å²) in [4.78, 5) is 52.1. The van der Waals surface area contributed by atoms with Gasteiger partial charge >= 0.3 is 6.09 Å².